The maximum Gasteiger partial charge on any atom is 0.226 e. The number of rotatable bonds is 2. The third-order valence-electron chi connectivity index (χ3n) is 2.14. The number of piperidine rings is 1. The van der Waals surface area contributed by atoms with Crippen LogP contribution in [0.5, 0.6) is 0 Å². The number of nitrogens with one attached hydrogen (secondary N) is 1. The van der Waals surface area contributed by atoms with Crippen LogP contribution in [0.15, 0.2) is 16.6 Å². The Morgan fingerprint density at radius 2 is 2.58 bits per heavy atom. The van der Waals surface area contributed by atoms with Gasteiger partial charge in [-0.15, -0.1) is 0 Å². The highest BCUT2D eigenvalue weighted by molar-refractivity contribution is 5.82. The molecule has 0 unspecified atom stereocenters. The highest BCUT2D eigenvalue weighted by atomic mass is 16.1. The maximum absolute atomic E-state index is 11.2. The van der Waals surface area contributed by atoms with E-state index in [-0.39, 0.29) is 11.8 Å². The van der Waals surface area contributed by atoms with Crippen molar-refractivity contribution in [3.63, 3.8) is 0 Å². The van der Waals surface area contributed by atoms with Crippen LogP contribution in [0.25, 0.3) is 0 Å². The predicted octanol–water partition coefficient (Wildman–Crippen LogP) is 0.769. The van der Waals surface area contributed by atoms with Gasteiger partial charge in [-0.25, -0.2) is 0 Å². The number of hydrogen-bond donors (Lipinski definition) is 1. The van der Waals surface area contributed by atoms with Gasteiger partial charge in [0.1, 0.15) is 0 Å². The monoisotopic (exact) mass is 166 g/mol. The van der Waals surface area contributed by atoms with Gasteiger partial charge in [-0.05, 0) is 20.1 Å². The molecule has 12 heavy (non-hydrogen) atoms. The molecular weight excluding hydrogens is 152 g/mol. The van der Waals surface area contributed by atoms with E-state index in [4.69, 9.17) is 0 Å². The molecule has 0 spiro atoms. The largest absolute Gasteiger partial charge is 0.355 e. The first-order valence-corrected chi connectivity index (χ1v) is 4.15. The van der Waals surface area contributed by atoms with Gasteiger partial charge in [0.25, 0.3) is 0 Å². The lowest BCUT2D eigenvalue weighted by atomic mass is 9.93. The second-order valence-corrected chi connectivity index (χ2v) is 2.95. The summed E-state index contributed by atoms with van der Waals surface area (Å²) < 4.78 is 0. The number of nitrogens with zero attached hydrogens (tertiary/aromatic N) is 1. The first-order chi connectivity index (χ1) is 5.75. The summed E-state index contributed by atoms with van der Waals surface area (Å²) >= 11 is 0. The second-order valence-electron chi connectivity index (χ2n) is 2.95. The van der Waals surface area contributed by atoms with Crippen LogP contribution >= 0.6 is 0 Å². The molecule has 0 bridgehead atoms. The van der Waals surface area contributed by atoms with Crippen molar-refractivity contribution in [1.82, 2.24) is 5.32 Å². The van der Waals surface area contributed by atoms with E-state index in [9.17, 15) is 4.79 Å². The molecule has 0 aliphatic carbocycles. The van der Waals surface area contributed by atoms with E-state index in [0.29, 0.717) is 6.54 Å². The Kier molecular flexibility index (Phi) is 3.02. The van der Waals surface area contributed by atoms with Crippen molar-refractivity contribution < 1.29 is 4.79 Å². The van der Waals surface area contributed by atoms with E-state index in [1.165, 1.54) is 5.57 Å². The number of carbonyl (C=O) groups is 1. The highest BCUT2D eigenvalue weighted by Crippen LogP contribution is 2.17. The molecule has 1 saturated heterocycles. The number of amides is 1. The lowest BCUT2D eigenvalue weighted by molar-refractivity contribution is -0.124. The molecule has 3 nitrogen and oxygen atoms in total. The molecule has 0 aromatic carbocycles. The maximum atomic E-state index is 11.2. The van der Waals surface area contributed by atoms with Gasteiger partial charge in [0, 0.05) is 6.54 Å². The number of hydrogen-bond acceptors (Lipinski definition) is 2. The van der Waals surface area contributed by atoms with Crippen LogP contribution < -0.4 is 5.32 Å². The summed E-state index contributed by atoms with van der Waals surface area (Å²) in [6.07, 6.45) is 2.94. The standard InChI is InChI=1S/C9H14N2O/c1-7-8(3-5-10-2)4-6-11-9(7)12/h3,7H,2,4-6H2,1H3,(H,11,12)/b8-3-/t7-/m1/s1. The molecule has 1 N–H and O–H groups in total. The van der Waals surface area contributed by atoms with Gasteiger partial charge < -0.3 is 5.32 Å². The normalized spacial score (nSPS) is 26.9. The molecule has 66 valence electrons. The van der Waals surface area contributed by atoms with Crippen molar-refractivity contribution in [3.8, 4) is 0 Å². The zero-order valence-electron chi connectivity index (χ0n) is 7.34. The van der Waals surface area contributed by atoms with E-state index < -0.39 is 0 Å². The summed E-state index contributed by atoms with van der Waals surface area (Å²) in [6, 6.07) is 0. The Morgan fingerprint density at radius 3 is 3.25 bits per heavy atom. The molecule has 1 atom stereocenters. The minimum Gasteiger partial charge on any atom is -0.355 e. The van der Waals surface area contributed by atoms with Crippen molar-refractivity contribution in [1.29, 1.82) is 0 Å². The molecule has 0 radical (unpaired) electrons. The quantitative estimate of drug-likeness (QED) is 0.478. The highest BCUT2D eigenvalue weighted by Gasteiger charge is 2.21. The average molecular weight is 166 g/mol. The van der Waals surface area contributed by atoms with Crippen LogP contribution in [-0.4, -0.2) is 25.7 Å². The van der Waals surface area contributed by atoms with Crippen LogP contribution in [0, 0.1) is 5.92 Å². The molecule has 3 heteroatoms. The number of carbonyl (C=O) groups excluding carboxylic acids is 1. The Balaban J connectivity index is 2.62. The van der Waals surface area contributed by atoms with Gasteiger partial charge in [-0.3, -0.25) is 9.79 Å². The van der Waals surface area contributed by atoms with Crippen molar-refractivity contribution in [2.24, 2.45) is 10.9 Å². The fourth-order valence-electron chi connectivity index (χ4n) is 1.33. The van der Waals surface area contributed by atoms with Gasteiger partial charge in [-0.1, -0.05) is 11.6 Å². The van der Waals surface area contributed by atoms with Gasteiger partial charge >= 0.3 is 0 Å². The van der Waals surface area contributed by atoms with Crippen molar-refractivity contribution in [3.05, 3.63) is 11.6 Å². The summed E-state index contributed by atoms with van der Waals surface area (Å²) in [5, 5.41) is 2.81. The minimum absolute atomic E-state index is 0.0144. The van der Waals surface area contributed by atoms with E-state index >= 15 is 0 Å². The van der Waals surface area contributed by atoms with Crippen molar-refractivity contribution in [2.45, 2.75) is 13.3 Å². The van der Waals surface area contributed by atoms with E-state index in [1.54, 1.807) is 0 Å². The van der Waals surface area contributed by atoms with Crippen LogP contribution in [0.4, 0.5) is 0 Å². The van der Waals surface area contributed by atoms with Crippen LogP contribution in [0.1, 0.15) is 13.3 Å². The van der Waals surface area contributed by atoms with E-state index in [1.807, 2.05) is 13.0 Å². The van der Waals surface area contributed by atoms with Crippen molar-refractivity contribution in [2.75, 3.05) is 13.1 Å². The van der Waals surface area contributed by atoms with Gasteiger partial charge in [0.15, 0.2) is 0 Å². The van der Waals surface area contributed by atoms with E-state index in [2.05, 4.69) is 17.0 Å². The zero-order valence-corrected chi connectivity index (χ0v) is 7.34. The summed E-state index contributed by atoms with van der Waals surface area (Å²) in [5.74, 6) is 0.136. The van der Waals surface area contributed by atoms with Crippen LogP contribution in [0.3, 0.4) is 0 Å². The first-order valence-electron chi connectivity index (χ1n) is 4.15. The Hall–Kier alpha value is -1.12. The average Bonchev–Trinajstić information content (AvgIpc) is 2.08. The third kappa shape index (κ3) is 1.94. The lowest BCUT2D eigenvalue weighted by Gasteiger charge is -2.21. The fraction of sp³-hybridized carbons (Fsp3) is 0.556. The van der Waals surface area contributed by atoms with Gasteiger partial charge in [0.05, 0.1) is 12.5 Å². The Labute approximate surface area is 72.6 Å². The smallest absolute Gasteiger partial charge is 0.226 e. The van der Waals surface area contributed by atoms with Crippen LogP contribution in [-0.2, 0) is 4.79 Å². The first kappa shape index (κ1) is 8.97. The molecule has 1 rings (SSSR count). The molecular formula is C9H14N2O. The Morgan fingerprint density at radius 1 is 1.83 bits per heavy atom. The third-order valence-corrected chi connectivity index (χ3v) is 2.14. The topological polar surface area (TPSA) is 41.5 Å². The molecule has 0 aromatic rings. The molecule has 1 aliphatic heterocycles. The van der Waals surface area contributed by atoms with Crippen LogP contribution in [0.2, 0.25) is 0 Å². The molecule has 0 saturated carbocycles. The summed E-state index contributed by atoms with van der Waals surface area (Å²) in [6.45, 7) is 6.69. The van der Waals surface area contributed by atoms with Gasteiger partial charge in [0.2, 0.25) is 5.91 Å². The van der Waals surface area contributed by atoms with E-state index in [0.717, 1.165) is 13.0 Å². The zero-order chi connectivity index (χ0) is 8.97. The molecule has 0 aromatic heterocycles. The SMILES string of the molecule is C=NC/C=C1/CCNC(=O)[C@@H]1C. The summed E-state index contributed by atoms with van der Waals surface area (Å²) in [7, 11) is 0. The predicted molar refractivity (Wildman–Crippen MR) is 49.3 cm³/mol. The summed E-state index contributed by atoms with van der Waals surface area (Å²) in [5.41, 5.74) is 1.19. The van der Waals surface area contributed by atoms with Gasteiger partial charge in [-0.2, -0.15) is 0 Å². The summed E-state index contributed by atoms with van der Waals surface area (Å²) in [4.78, 5) is 14.9. The minimum atomic E-state index is 0.0144. The molecule has 1 heterocycles. The molecule has 1 fully saturated rings. The second kappa shape index (κ2) is 4.04. The molecule has 1 aliphatic rings. The number of aliphatic imine (C=N–C) groups is 1. The van der Waals surface area contributed by atoms with Crippen molar-refractivity contribution >= 4 is 12.6 Å². The Bertz CT molecular complexity index is 221. The molecule has 1 amide bonds. The lowest BCUT2D eigenvalue weighted by Crippen LogP contribution is -2.36. The fourth-order valence-corrected chi connectivity index (χ4v) is 1.33.